The molecule has 0 radical (unpaired) electrons. The molecule has 1 fully saturated rings. The van der Waals surface area contributed by atoms with E-state index in [9.17, 15) is 22.8 Å². The van der Waals surface area contributed by atoms with E-state index in [2.05, 4.69) is 4.90 Å². The van der Waals surface area contributed by atoms with E-state index in [-0.39, 0.29) is 25.0 Å². The maximum atomic E-state index is 12.8. The topological polar surface area (TPSA) is 53.1 Å². The Bertz CT molecular complexity index is 954. The van der Waals surface area contributed by atoms with Gasteiger partial charge in [0, 0.05) is 32.7 Å². The van der Waals surface area contributed by atoms with E-state index in [0.29, 0.717) is 44.2 Å². The van der Waals surface area contributed by atoms with Crippen molar-refractivity contribution in [3.05, 3.63) is 59.7 Å². The Hall–Kier alpha value is -3.07. The van der Waals surface area contributed by atoms with Crippen LogP contribution >= 0.6 is 0 Å². The largest absolute Gasteiger partial charge is 0.482 e. The summed E-state index contributed by atoms with van der Waals surface area (Å²) in [5, 5.41) is 0. The van der Waals surface area contributed by atoms with Gasteiger partial charge >= 0.3 is 6.18 Å². The van der Waals surface area contributed by atoms with Gasteiger partial charge in [-0.3, -0.25) is 19.4 Å². The Morgan fingerprint density at radius 2 is 1.65 bits per heavy atom. The number of hydrogen-bond acceptors (Lipinski definition) is 4. The fraction of sp³-hybridized carbons (Fsp3) is 0.364. The molecule has 1 saturated heterocycles. The molecule has 0 aliphatic carbocycles. The molecule has 2 aliphatic rings. The van der Waals surface area contributed by atoms with E-state index >= 15 is 0 Å². The molecular weight excluding hydrogens is 411 g/mol. The molecule has 4 rings (SSSR count). The van der Waals surface area contributed by atoms with Crippen molar-refractivity contribution < 1.29 is 27.5 Å². The predicted octanol–water partition coefficient (Wildman–Crippen LogP) is 2.78. The predicted molar refractivity (Wildman–Crippen MR) is 108 cm³/mol. The van der Waals surface area contributed by atoms with E-state index in [1.165, 1.54) is 17.0 Å². The summed E-state index contributed by atoms with van der Waals surface area (Å²) in [4.78, 5) is 30.3. The third-order valence-electron chi connectivity index (χ3n) is 5.51. The second-order valence-corrected chi connectivity index (χ2v) is 7.59. The number of carbonyl (C=O) groups excluding carboxylic acids is 2. The summed E-state index contributed by atoms with van der Waals surface area (Å²) < 4.78 is 43.5. The number of benzene rings is 2. The molecule has 6 nitrogen and oxygen atoms in total. The lowest BCUT2D eigenvalue weighted by atomic mass is 10.1. The molecule has 0 aromatic heterocycles. The number of rotatable bonds is 4. The maximum absolute atomic E-state index is 12.8. The van der Waals surface area contributed by atoms with Gasteiger partial charge in [0.05, 0.1) is 11.3 Å². The molecule has 0 bridgehead atoms. The van der Waals surface area contributed by atoms with Gasteiger partial charge < -0.3 is 9.64 Å². The first kappa shape index (κ1) is 21.2. The Morgan fingerprint density at radius 3 is 2.32 bits per heavy atom. The number of para-hydroxylation sites is 2. The zero-order chi connectivity index (χ0) is 22.0. The van der Waals surface area contributed by atoms with Crippen molar-refractivity contribution in [1.82, 2.24) is 9.80 Å². The Labute approximate surface area is 177 Å². The second-order valence-electron chi connectivity index (χ2n) is 7.59. The van der Waals surface area contributed by atoms with Gasteiger partial charge in [-0.15, -0.1) is 0 Å². The molecule has 9 heteroatoms. The lowest BCUT2D eigenvalue weighted by Gasteiger charge is -2.36. The van der Waals surface area contributed by atoms with E-state index in [4.69, 9.17) is 4.74 Å². The van der Waals surface area contributed by atoms with Crippen molar-refractivity contribution in [1.29, 1.82) is 0 Å². The molecule has 2 amide bonds. The van der Waals surface area contributed by atoms with Crippen LogP contribution in [0.25, 0.3) is 0 Å². The number of hydrogen-bond donors (Lipinski definition) is 0. The molecule has 2 aromatic carbocycles. The van der Waals surface area contributed by atoms with Crippen molar-refractivity contribution in [3.8, 4) is 5.75 Å². The Morgan fingerprint density at radius 1 is 0.968 bits per heavy atom. The van der Waals surface area contributed by atoms with Gasteiger partial charge in [-0.2, -0.15) is 13.2 Å². The van der Waals surface area contributed by atoms with Crippen LogP contribution in [0.1, 0.15) is 11.1 Å². The minimum Gasteiger partial charge on any atom is -0.482 e. The molecular formula is C22H22F3N3O3. The summed E-state index contributed by atoms with van der Waals surface area (Å²) in [5.41, 5.74) is 0.724. The average Bonchev–Trinajstić information content (AvgIpc) is 2.76. The monoisotopic (exact) mass is 433 g/mol. The number of ether oxygens (including phenoxy) is 1. The van der Waals surface area contributed by atoms with Gasteiger partial charge in [0.2, 0.25) is 5.91 Å². The van der Waals surface area contributed by atoms with Crippen LogP contribution in [-0.2, 0) is 22.3 Å². The van der Waals surface area contributed by atoms with Crippen LogP contribution in [0, 0.1) is 0 Å². The minimum atomic E-state index is -4.34. The van der Waals surface area contributed by atoms with Crippen molar-refractivity contribution in [2.45, 2.75) is 12.7 Å². The molecule has 2 heterocycles. The highest BCUT2D eigenvalue weighted by Gasteiger charge is 2.31. The first-order valence-corrected chi connectivity index (χ1v) is 10.00. The second kappa shape index (κ2) is 8.58. The quantitative estimate of drug-likeness (QED) is 0.744. The smallest absolute Gasteiger partial charge is 0.416 e. The molecule has 0 atom stereocenters. The van der Waals surface area contributed by atoms with Crippen molar-refractivity contribution in [3.63, 3.8) is 0 Å². The molecule has 164 valence electrons. The number of halogens is 3. The normalized spacial score (nSPS) is 17.3. The third kappa shape index (κ3) is 4.82. The van der Waals surface area contributed by atoms with Gasteiger partial charge in [0.25, 0.3) is 5.91 Å². The van der Waals surface area contributed by atoms with Gasteiger partial charge in [-0.25, -0.2) is 0 Å². The van der Waals surface area contributed by atoms with Crippen LogP contribution < -0.4 is 9.64 Å². The number of piperazine rings is 1. The first-order valence-electron chi connectivity index (χ1n) is 10.00. The molecule has 2 aromatic rings. The maximum Gasteiger partial charge on any atom is 0.416 e. The number of alkyl halides is 3. The summed E-state index contributed by atoms with van der Waals surface area (Å²) in [6.45, 7) is 2.61. The fourth-order valence-corrected chi connectivity index (χ4v) is 3.78. The molecule has 0 N–H and O–H groups in total. The fourth-order valence-electron chi connectivity index (χ4n) is 3.78. The van der Waals surface area contributed by atoms with Crippen LogP contribution in [0.5, 0.6) is 5.75 Å². The number of anilines is 1. The minimum absolute atomic E-state index is 0.0435. The third-order valence-corrected chi connectivity index (χ3v) is 5.51. The van der Waals surface area contributed by atoms with Crippen molar-refractivity contribution in [2.75, 3.05) is 44.2 Å². The van der Waals surface area contributed by atoms with Crippen LogP contribution in [0.4, 0.5) is 18.9 Å². The van der Waals surface area contributed by atoms with Gasteiger partial charge in [-0.05, 0) is 29.8 Å². The number of fused-ring (bicyclic) bond motifs is 1. The number of carbonyl (C=O) groups is 2. The first-order chi connectivity index (χ1) is 14.8. The van der Waals surface area contributed by atoms with Crippen molar-refractivity contribution >= 4 is 17.5 Å². The summed E-state index contributed by atoms with van der Waals surface area (Å²) >= 11 is 0. The number of amides is 2. The molecule has 31 heavy (non-hydrogen) atoms. The summed E-state index contributed by atoms with van der Waals surface area (Å²) in [7, 11) is 0. The standard InChI is InChI=1S/C22H22F3N3O3/c23-22(24,25)17-7-5-16(6-8-17)13-26-9-11-27(12-10-26)20(29)14-28-18-3-1-2-4-19(18)31-15-21(28)30/h1-8H,9-15H2. The highest BCUT2D eigenvalue weighted by atomic mass is 19.4. The zero-order valence-corrected chi connectivity index (χ0v) is 16.8. The van der Waals surface area contributed by atoms with Gasteiger partial charge in [0.1, 0.15) is 12.3 Å². The molecule has 0 unspecified atom stereocenters. The van der Waals surface area contributed by atoms with Gasteiger partial charge in [-0.1, -0.05) is 24.3 Å². The van der Waals surface area contributed by atoms with E-state index in [0.717, 1.165) is 17.7 Å². The highest BCUT2D eigenvalue weighted by Crippen LogP contribution is 2.31. The van der Waals surface area contributed by atoms with Crippen LogP contribution in [0.2, 0.25) is 0 Å². The zero-order valence-electron chi connectivity index (χ0n) is 16.8. The van der Waals surface area contributed by atoms with Crippen LogP contribution in [0.15, 0.2) is 48.5 Å². The summed E-state index contributed by atoms with van der Waals surface area (Å²) in [6.07, 6.45) is -4.34. The van der Waals surface area contributed by atoms with Gasteiger partial charge in [0.15, 0.2) is 6.61 Å². The molecule has 0 saturated carbocycles. The molecule has 0 spiro atoms. The summed E-state index contributed by atoms with van der Waals surface area (Å²) in [6, 6.07) is 12.3. The van der Waals surface area contributed by atoms with Crippen LogP contribution in [-0.4, -0.2) is 60.9 Å². The van der Waals surface area contributed by atoms with E-state index in [1.54, 1.807) is 23.1 Å². The number of nitrogens with zero attached hydrogens (tertiary/aromatic N) is 3. The van der Waals surface area contributed by atoms with Crippen molar-refractivity contribution in [2.24, 2.45) is 0 Å². The Kier molecular flexibility index (Phi) is 5.86. The Balaban J connectivity index is 1.31. The summed E-state index contributed by atoms with van der Waals surface area (Å²) in [5.74, 6) is 0.184. The lowest BCUT2D eigenvalue weighted by molar-refractivity contribution is -0.137. The SMILES string of the molecule is O=C(CN1C(=O)COc2ccccc21)N1CCN(Cc2ccc(C(F)(F)F)cc2)CC1. The highest BCUT2D eigenvalue weighted by molar-refractivity contribution is 6.02. The lowest BCUT2D eigenvalue weighted by Crippen LogP contribution is -2.52. The molecule has 2 aliphatic heterocycles. The van der Waals surface area contributed by atoms with E-state index in [1.807, 2.05) is 6.07 Å². The van der Waals surface area contributed by atoms with Crippen LogP contribution in [0.3, 0.4) is 0 Å². The average molecular weight is 433 g/mol. The van der Waals surface area contributed by atoms with E-state index < -0.39 is 11.7 Å².